The number of anilines is 1. The molecule has 1 saturated heterocycles. The number of halogens is 1. The second-order valence-corrected chi connectivity index (χ2v) is 7.30. The summed E-state index contributed by atoms with van der Waals surface area (Å²) >= 11 is 6.25. The summed E-state index contributed by atoms with van der Waals surface area (Å²) in [5, 5.41) is 10.2. The lowest BCUT2D eigenvalue weighted by Gasteiger charge is -2.20. The number of amides is 1. The number of rotatable bonds is 7. The van der Waals surface area contributed by atoms with Crippen LogP contribution in [0, 0.1) is 0 Å². The molecule has 1 unspecified atom stereocenters. The first-order valence-corrected chi connectivity index (χ1v) is 10.2. The van der Waals surface area contributed by atoms with E-state index in [4.69, 9.17) is 11.6 Å². The highest BCUT2D eigenvalue weighted by Gasteiger charge is 2.25. The molecule has 1 aliphatic heterocycles. The Morgan fingerprint density at radius 3 is 2.83 bits per heavy atom. The van der Waals surface area contributed by atoms with Crippen molar-refractivity contribution >= 4 is 29.3 Å². The van der Waals surface area contributed by atoms with E-state index in [0.29, 0.717) is 30.5 Å². The van der Waals surface area contributed by atoms with E-state index in [1.807, 2.05) is 42.5 Å². The smallest absolute Gasteiger partial charge is 0.222 e. The maximum Gasteiger partial charge on any atom is 0.222 e. The Balaban J connectivity index is 1.37. The van der Waals surface area contributed by atoms with Gasteiger partial charge in [0.25, 0.3) is 0 Å². The maximum absolute atomic E-state index is 12.0. The van der Waals surface area contributed by atoms with Crippen molar-refractivity contribution in [2.45, 2.75) is 25.4 Å². The normalized spacial score (nSPS) is 16.6. The highest BCUT2D eigenvalue weighted by molar-refractivity contribution is 6.32. The molecule has 1 aromatic carbocycles. The van der Waals surface area contributed by atoms with Crippen molar-refractivity contribution in [3.63, 3.8) is 0 Å². The van der Waals surface area contributed by atoms with Crippen LogP contribution in [-0.4, -0.2) is 49.6 Å². The Labute approximate surface area is 176 Å². The number of hydrogen-bond donors (Lipinski definition) is 3. The third-order valence-electron chi connectivity index (χ3n) is 4.77. The van der Waals surface area contributed by atoms with E-state index in [1.165, 1.54) is 0 Å². The Kier molecular flexibility index (Phi) is 7.69. The summed E-state index contributed by atoms with van der Waals surface area (Å²) in [6.45, 7) is 2.74. The number of nitrogens with zero attached hydrogens (tertiary/aromatic N) is 3. The van der Waals surface area contributed by atoms with Crippen molar-refractivity contribution in [3.8, 4) is 0 Å². The zero-order valence-corrected chi connectivity index (χ0v) is 17.3. The number of aromatic nitrogens is 1. The van der Waals surface area contributed by atoms with Crippen molar-refractivity contribution < 1.29 is 4.79 Å². The maximum atomic E-state index is 12.0. The number of guanidine groups is 1. The summed E-state index contributed by atoms with van der Waals surface area (Å²) in [5.41, 5.74) is 1.09. The summed E-state index contributed by atoms with van der Waals surface area (Å²) in [7, 11) is 1.73. The lowest BCUT2D eigenvalue weighted by Crippen LogP contribution is -2.45. The highest BCUT2D eigenvalue weighted by atomic mass is 35.5. The molecule has 0 aliphatic carbocycles. The van der Waals surface area contributed by atoms with Crippen LogP contribution in [0.5, 0.6) is 0 Å². The number of pyridine rings is 1. The van der Waals surface area contributed by atoms with Crippen LogP contribution in [0.4, 0.5) is 5.82 Å². The number of aliphatic imine (C=N–C) groups is 1. The first-order valence-electron chi connectivity index (χ1n) is 9.79. The average Bonchev–Trinajstić information content (AvgIpc) is 3.21. The van der Waals surface area contributed by atoms with Gasteiger partial charge in [0.2, 0.25) is 5.91 Å². The topological polar surface area (TPSA) is 81.6 Å². The molecule has 29 heavy (non-hydrogen) atoms. The minimum absolute atomic E-state index is 0.00800. The highest BCUT2D eigenvalue weighted by Crippen LogP contribution is 2.25. The fourth-order valence-corrected chi connectivity index (χ4v) is 3.49. The largest absolute Gasteiger partial charge is 0.356 e. The molecule has 0 spiro atoms. The molecule has 0 bridgehead atoms. The van der Waals surface area contributed by atoms with Gasteiger partial charge in [-0.25, -0.2) is 4.98 Å². The number of carbonyl (C=O) groups is 1. The van der Waals surface area contributed by atoms with Gasteiger partial charge in [0.15, 0.2) is 5.96 Å². The first-order chi connectivity index (χ1) is 14.2. The average molecular weight is 415 g/mol. The van der Waals surface area contributed by atoms with Gasteiger partial charge < -0.3 is 20.9 Å². The number of hydrogen-bond acceptors (Lipinski definition) is 4. The Morgan fingerprint density at radius 1 is 1.24 bits per heavy atom. The number of carbonyl (C=O) groups excluding carboxylic acids is 1. The van der Waals surface area contributed by atoms with E-state index >= 15 is 0 Å². The molecule has 1 aliphatic rings. The van der Waals surface area contributed by atoms with E-state index in [-0.39, 0.29) is 11.9 Å². The molecule has 2 aromatic rings. The summed E-state index contributed by atoms with van der Waals surface area (Å²) < 4.78 is 0. The van der Waals surface area contributed by atoms with Gasteiger partial charge >= 0.3 is 0 Å². The van der Waals surface area contributed by atoms with Gasteiger partial charge in [-0.15, -0.1) is 0 Å². The first kappa shape index (κ1) is 20.9. The van der Waals surface area contributed by atoms with Crippen LogP contribution in [0.15, 0.2) is 53.7 Å². The predicted octanol–water partition coefficient (Wildman–Crippen LogP) is 2.19. The van der Waals surface area contributed by atoms with Gasteiger partial charge in [0.1, 0.15) is 5.82 Å². The van der Waals surface area contributed by atoms with Crippen molar-refractivity contribution in [2.75, 3.05) is 31.6 Å². The molecular formula is C21H27ClN6O. The Hall–Kier alpha value is -2.80. The van der Waals surface area contributed by atoms with Crippen molar-refractivity contribution in [3.05, 3.63) is 59.2 Å². The zero-order chi connectivity index (χ0) is 20.5. The van der Waals surface area contributed by atoms with Gasteiger partial charge in [0, 0.05) is 51.9 Å². The van der Waals surface area contributed by atoms with Crippen molar-refractivity contribution in [1.82, 2.24) is 20.9 Å². The number of benzene rings is 1. The van der Waals surface area contributed by atoms with Crippen LogP contribution in [0.1, 0.15) is 18.4 Å². The molecule has 7 nitrogen and oxygen atoms in total. The Bertz CT molecular complexity index is 829. The molecule has 0 radical (unpaired) electrons. The molecule has 1 fully saturated rings. The molecule has 1 amide bonds. The summed E-state index contributed by atoms with van der Waals surface area (Å²) in [6.07, 6.45) is 3.10. The van der Waals surface area contributed by atoms with Gasteiger partial charge in [-0.1, -0.05) is 41.9 Å². The quantitative estimate of drug-likeness (QED) is 0.478. The van der Waals surface area contributed by atoms with Gasteiger partial charge in [0.05, 0.1) is 5.02 Å². The standard InChI is InChI=1S/C21H27ClN6O/c1-23-21(25-12-9-19(29)26-14-16-6-3-2-4-7-16)27-17-10-13-28(15-17)20-18(22)8-5-11-24-20/h2-8,11,17H,9-10,12-15H2,1H3,(H,26,29)(H2,23,25,27). The lowest BCUT2D eigenvalue weighted by molar-refractivity contribution is -0.121. The van der Waals surface area contributed by atoms with Crippen LogP contribution in [0.2, 0.25) is 5.02 Å². The minimum atomic E-state index is 0.00800. The molecule has 1 atom stereocenters. The van der Waals surface area contributed by atoms with Gasteiger partial charge in [-0.2, -0.15) is 0 Å². The second-order valence-electron chi connectivity index (χ2n) is 6.90. The molecule has 0 saturated carbocycles. The fraction of sp³-hybridized carbons (Fsp3) is 0.381. The molecule has 3 N–H and O–H groups in total. The summed E-state index contributed by atoms with van der Waals surface area (Å²) in [6, 6.07) is 13.8. The molecular weight excluding hydrogens is 388 g/mol. The lowest BCUT2D eigenvalue weighted by atomic mass is 10.2. The van der Waals surface area contributed by atoms with E-state index in [0.717, 1.165) is 30.9 Å². The monoisotopic (exact) mass is 414 g/mol. The Morgan fingerprint density at radius 2 is 2.07 bits per heavy atom. The zero-order valence-electron chi connectivity index (χ0n) is 16.6. The molecule has 8 heteroatoms. The van der Waals surface area contributed by atoms with Crippen LogP contribution in [0.25, 0.3) is 0 Å². The van der Waals surface area contributed by atoms with E-state index < -0.39 is 0 Å². The van der Waals surface area contributed by atoms with Crippen LogP contribution >= 0.6 is 11.6 Å². The third-order valence-corrected chi connectivity index (χ3v) is 5.06. The molecule has 154 valence electrons. The van der Waals surface area contributed by atoms with Crippen molar-refractivity contribution in [2.24, 2.45) is 4.99 Å². The minimum Gasteiger partial charge on any atom is -0.356 e. The van der Waals surface area contributed by atoms with E-state index in [2.05, 4.69) is 30.8 Å². The van der Waals surface area contributed by atoms with Crippen LogP contribution < -0.4 is 20.9 Å². The van der Waals surface area contributed by atoms with Crippen LogP contribution in [-0.2, 0) is 11.3 Å². The van der Waals surface area contributed by atoms with Gasteiger partial charge in [-0.05, 0) is 24.1 Å². The van der Waals surface area contributed by atoms with E-state index in [1.54, 1.807) is 13.2 Å². The second kappa shape index (κ2) is 10.7. The fourth-order valence-electron chi connectivity index (χ4n) is 3.25. The van der Waals surface area contributed by atoms with E-state index in [9.17, 15) is 4.79 Å². The summed E-state index contributed by atoms with van der Waals surface area (Å²) in [4.78, 5) is 22.8. The molecule has 1 aromatic heterocycles. The third kappa shape index (κ3) is 6.35. The van der Waals surface area contributed by atoms with Crippen LogP contribution in [0.3, 0.4) is 0 Å². The molecule has 3 rings (SSSR count). The van der Waals surface area contributed by atoms with Gasteiger partial charge in [-0.3, -0.25) is 9.79 Å². The van der Waals surface area contributed by atoms with Crippen molar-refractivity contribution in [1.29, 1.82) is 0 Å². The SMILES string of the molecule is CN=C(NCCC(=O)NCc1ccccc1)NC1CCN(c2ncccc2Cl)C1. The molecule has 2 heterocycles. The number of nitrogens with one attached hydrogen (secondary N) is 3. The summed E-state index contributed by atoms with van der Waals surface area (Å²) in [5.74, 6) is 1.52. The predicted molar refractivity (Wildman–Crippen MR) is 117 cm³/mol.